The van der Waals surface area contributed by atoms with E-state index in [0.717, 1.165) is 0 Å². The van der Waals surface area contributed by atoms with Gasteiger partial charge in [0, 0.05) is 5.56 Å². The topological polar surface area (TPSA) is 89.3 Å². The fraction of sp³-hybridized carbons (Fsp3) is 0.100. The van der Waals surface area contributed by atoms with Gasteiger partial charge in [0.2, 0.25) is 0 Å². The van der Waals surface area contributed by atoms with E-state index in [9.17, 15) is 4.79 Å². The zero-order valence-electron chi connectivity index (χ0n) is 7.45. The first kappa shape index (κ1) is 10.1. The summed E-state index contributed by atoms with van der Waals surface area (Å²) in [5, 5.41) is 8.76. The summed E-state index contributed by atoms with van der Waals surface area (Å²) < 4.78 is 0. The van der Waals surface area contributed by atoms with Gasteiger partial charge >= 0.3 is 5.97 Å². The highest BCUT2D eigenvalue weighted by molar-refractivity contribution is 5.95. The molecule has 0 amide bonds. The van der Waals surface area contributed by atoms with Crippen LogP contribution in [0.5, 0.6) is 0 Å². The van der Waals surface area contributed by atoms with Crippen molar-refractivity contribution >= 4 is 11.7 Å². The molecule has 14 heavy (non-hydrogen) atoms. The first-order valence-electron chi connectivity index (χ1n) is 3.97. The van der Waals surface area contributed by atoms with Gasteiger partial charge in [0.15, 0.2) is 0 Å². The van der Waals surface area contributed by atoms with Gasteiger partial charge in [0.05, 0.1) is 17.8 Å². The molecule has 0 unspecified atom stereocenters. The molecular formula is C10H10N2O2. The fourth-order valence-electron chi connectivity index (χ4n) is 1.01. The number of carboxylic acid groups (broad SMARTS) is 1. The van der Waals surface area contributed by atoms with Crippen LogP contribution in [0.3, 0.4) is 0 Å². The van der Waals surface area contributed by atoms with Crippen LogP contribution in [0.4, 0.5) is 5.69 Å². The molecule has 0 aliphatic heterocycles. The van der Waals surface area contributed by atoms with E-state index in [1.807, 2.05) is 0 Å². The van der Waals surface area contributed by atoms with Crippen LogP contribution in [0.1, 0.15) is 15.9 Å². The third-order valence-corrected chi connectivity index (χ3v) is 1.66. The molecule has 72 valence electrons. The minimum absolute atomic E-state index is 0.0637. The Morgan fingerprint density at radius 2 is 2.21 bits per heavy atom. The number of benzene rings is 1. The van der Waals surface area contributed by atoms with Gasteiger partial charge in [-0.2, -0.15) is 0 Å². The SMILES string of the molecule is NCC#Cc1cccc(C(=O)O)c1N. The van der Waals surface area contributed by atoms with E-state index in [2.05, 4.69) is 11.8 Å². The molecule has 5 N–H and O–H groups in total. The Morgan fingerprint density at radius 3 is 2.79 bits per heavy atom. The second-order valence-corrected chi connectivity index (χ2v) is 2.58. The van der Waals surface area contributed by atoms with Crippen molar-refractivity contribution in [3.8, 4) is 11.8 Å². The lowest BCUT2D eigenvalue weighted by Gasteiger charge is -2.01. The summed E-state index contributed by atoms with van der Waals surface area (Å²) in [6.07, 6.45) is 0. The van der Waals surface area contributed by atoms with Crippen molar-refractivity contribution in [3.05, 3.63) is 29.3 Å². The second kappa shape index (κ2) is 4.30. The number of anilines is 1. The maximum Gasteiger partial charge on any atom is 0.337 e. The Bertz CT molecular complexity index is 416. The van der Waals surface area contributed by atoms with Gasteiger partial charge in [0.25, 0.3) is 0 Å². The predicted octanol–water partition coefficient (Wildman–Crippen LogP) is 0.277. The molecule has 1 aromatic rings. The van der Waals surface area contributed by atoms with Gasteiger partial charge < -0.3 is 16.6 Å². The summed E-state index contributed by atoms with van der Waals surface area (Å²) in [7, 11) is 0. The molecule has 0 aliphatic rings. The molecule has 0 saturated carbocycles. The van der Waals surface area contributed by atoms with Crippen LogP contribution in [0.25, 0.3) is 0 Å². The van der Waals surface area contributed by atoms with Gasteiger partial charge in [-0.1, -0.05) is 17.9 Å². The number of nitrogen functional groups attached to an aromatic ring is 1. The van der Waals surface area contributed by atoms with E-state index in [0.29, 0.717) is 5.56 Å². The summed E-state index contributed by atoms with van der Waals surface area (Å²) >= 11 is 0. The molecule has 4 nitrogen and oxygen atoms in total. The molecule has 0 spiro atoms. The van der Waals surface area contributed by atoms with Crippen molar-refractivity contribution < 1.29 is 9.90 Å². The Labute approximate surface area is 81.5 Å². The smallest absolute Gasteiger partial charge is 0.337 e. The molecule has 4 heteroatoms. The average Bonchev–Trinajstić information content (AvgIpc) is 2.16. The van der Waals surface area contributed by atoms with Crippen LogP contribution < -0.4 is 11.5 Å². The van der Waals surface area contributed by atoms with Crippen molar-refractivity contribution in [1.29, 1.82) is 0 Å². The molecule has 0 fully saturated rings. The summed E-state index contributed by atoms with van der Waals surface area (Å²) in [5.41, 5.74) is 11.5. The number of carboxylic acids is 1. The van der Waals surface area contributed by atoms with Gasteiger partial charge in [-0.15, -0.1) is 0 Å². The lowest BCUT2D eigenvalue weighted by molar-refractivity contribution is 0.0698. The second-order valence-electron chi connectivity index (χ2n) is 2.58. The van der Waals surface area contributed by atoms with E-state index >= 15 is 0 Å². The molecule has 0 aliphatic carbocycles. The maximum atomic E-state index is 10.7. The average molecular weight is 190 g/mol. The minimum atomic E-state index is -1.06. The molecule has 0 heterocycles. The van der Waals surface area contributed by atoms with Crippen LogP contribution in [0.2, 0.25) is 0 Å². The van der Waals surface area contributed by atoms with E-state index in [1.54, 1.807) is 12.1 Å². The lowest BCUT2D eigenvalue weighted by atomic mass is 10.1. The van der Waals surface area contributed by atoms with Crippen molar-refractivity contribution in [2.45, 2.75) is 0 Å². The summed E-state index contributed by atoms with van der Waals surface area (Å²) in [6.45, 7) is 0.219. The zero-order chi connectivity index (χ0) is 10.6. The van der Waals surface area contributed by atoms with E-state index < -0.39 is 5.97 Å². The van der Waals surface area contributed by atoms with Crippen LogP contribution in [-0.2, 0) is 0 Å². The first-order valence-corrected chi connectivity index (χ1v) is 3.97. The largest absolute Gasteiger partial charge is 0.478 e. The molecule has 0 bridgehead atoms. The standard InChI is InChI=1S/C10H10N2O2/c11-6-2-4-7-3-1-5-8(9(7)12)10(13)14/h1,3,5H,6,11-12H2,(H,13,14). The quantitative estimate of drug-likeness (QED) is 0.438. The Morgan fingerprint density at radius 1 is 1.50 bits per heavy atom. The maximum absolute atomic E-state index is 10.7. The van der Waals surface area contributed by atoms with Crippen molar-refractivity contribution in [3.63, 3.8) is 0 Å². The molecule has 0 atom stereocenters. The fourth-order valence-corrected chi connectivity index (χ4v) is 1.01. The Hall–Kier alpha value is -1.99. The van der Waals surface area contributed by atoms with Crippen LogP contribution in [-0.4, -0.2) is 17.6 Å². The molecule has 0 saturated heterocycles. The predicted molar refractivity (Wildman–Crippen MR) is 53.7 cm³/mol. The van der Waals surface area contributed by atoms with Gasteiger partial charge in [-0.05, 0) is 12.1 Å². The number of hydrogen-bond acceptors (Lipinski definition) is 3. The lowest BCUT2D eigenvalue weighted by Crippen LogP contribution is -2.04. The van der Waals surface area contributed by atoms with E-state index in [4.69, 9.17) is 16.6 Å². The number of hydrogen-bond donors (Lipinski definition) is 3. The van der Waals surface area contributed by atoms with Gasteiger partial charge in [0.1, 0.15) is 0 Å². The Balaban J connectivity index is 3.20. The number of carbonyl (C=O) groups is 1. The number of rotatable bonds is 1. The summed E-state index contributed by atoms with van der Waals surface area (Å²) in [6, 6.07) is 4.69. The highest BCUT2D eigenvalue weighted by atomic mass is 16.4. The molecule has 0 aromatic heterocycles. The highest BCUT2D eigenvalue weighted by Gasteiger charge is 2.08. The van der Waals surface area contributed by atoms with Crippen molar-refractivity contribution in [2.24, 2.45) is 5.73 Å². The normalized spacial score (nSPS) is 8.93. The molecule has 0 radical (unpaired) electrons. The molecule has 1 aromatic carbocycles. The third kappa shape index (κ3) is 2.03. The van der Waals surface area contributed by atoms with Crippen LogP contribution in [0, 0.1) is 11.8 Å². The number of nitrogens with two attached hydrogens (primary N) is 2. The van der Waals surface area contributed by atoms with Crippen LogP contribution >= 0.6 is 0 Å². The highest BCUT2D eigenvalue weighted by Crippen LogP contribution is 2.16. The minimum Gasteiger partial charge on any atom is -0.478 e. The Kier molecular flexibility index (Phi) is 3.10. The van der Waals surface area contributed by atoms with Crippen LogP contribution in [0.15, 0.2) is 18.2 Å². The number of aromatic carboxylic acids is 1. The monoisotopic (exact) mass is 190 g/mol. The van der Waals surface area contributed by atoms with Crippen molar-refractivity contribution in [1.82, 2.24) is 0 Å². The van der Waals surface area contributed by atoms with E-state index in [-0.39, 0.29) is 17.8 Å². The summed E-state index contributed by atoms with van der Waals surface area (Å²) in [4.78, 5) is 10.7. The zero-order valence-corrected chi connectivity index (χ0v) is 7.45. The third-order valence-electron chi connectivity index (χ3n) is 1.66. The molecular weight excluding hydrogens is 180 g/mol. The van der Waals surface area contributed by atoms with Gasteiger partial charge in [-0.25, -0.2) is 4.79 Å². The van der Waals surface area contributed by atoms with Crippen molar-refractivity contribution in [2.75, 3.05) is 12.3 Å². The number of para-hydroxylation sites is 1. The first-order chi connectivity index (χ1) is 6.66. The van der Waals surface area contributed by atoms with Gasteiger partial charge in [-0.3, -0.25) is 0 Å². The summed E-state index contributed by atoms with van der Waals surface area (Å²) in [5.74, 6) is 4.26. The molecule has 1 rings (SSSR count). The van der Waals surface area contributed by atoms with E-state index in [1.165, 1.54) is 6.07 Å².